The van der Waals surface area contributed by atoms with Crippen LogP contribution in [0.2, 0.25) is 5.02 Å². The lowest BCUT2D eigenvalue weighted by Gasteiger charge is -2.13. The first kappa shape index (κ1) is 15.2. The minimum atomic E-state index is -0.279. The number of rotatable bonds is 5. The number of methoxy groups -OCH3 is 1. The zero-order chi connectivity index (χ0) is 16.2. The summed E-state index contributed by atoms with van der Waals surface area (Å²) in [4.78, 5) is 12.4. The Morgan fingerprint density at radius 2 is 2.09 bits per heavy atom. The maximum absolute atomic E-state index is 12.4. The zero-order valence-electron chi connectivity index (χ0n) is 12.5. The van der Waals surface area contributed by atoms with Gasteiger partial charge in [-0.05, 0) is 30.3 Å². The minimum Gasteiger partial charge on any atom is -0.496 e. The molecule has 0 spiro atoms. The molecule has 0 aliphatic carbocycles. The van der Waals surface area contributed by atoms with Crippen LogP contribution in [0.5, 0.6) is 5.75 Å². The van der Waals surface area contributed by atoms with Gasteiger partial charge < -0.3 is 19.0 Å². The van der Waals surface area contributed by atoms with Gasteiger partial charge in [-0.3, -0.25) is 4.79 Å². The summed E-state index contributed by atoms with van der Waals surface area (Å²) in [6.07, 6.45) is 5.30. The van der Waals surface area contributed by atoms with Gasteiger partial charge in [0.2, 0.25) is 0 Å². The van der Waals surface area contributed by atoms with Crippen LogP contribution >= 0.6 is 11.6 Å². The molecule has 1 amide bonds. The van der Waals surface area contributed by atoms with Crippen LogP contribution in [0.1, 0.15) is 16.1 Å². The second kappa shape index (κ2) is 6.62. The van der Waals surface area contributed by atoms with Crippen LogP contribution < -0.4 is 10.1 Å². The summed E-state index contributed by atoms with van der Waals surface area (Å²) in [5.41, 5.74) is 1.12. The van der Waals surface area contributed by atoms with Crippen LogP contribution in [0.15, 0.2) is 59.5 Å². The van der Waals surface area contributed by atoms with E-state index in [1.54, 1.807) is 30.5 Å². The molecule has 1 aromatic carbocycles. The Labute approximate surface area is 138 Å². The maximum atomic E-state index is 12.4. The van der Waals surface area contributed by atoms with Crippen molar-refractivity contribution in [1.82, 2.24) is 9.88 Å². The van der Waals surface area contributed by atoms with Crippen molar-refractivity contribution < 1.29 is 13.9 Å². The Bertz CT molecular complexity index is 796. The van der Waals surface area contributed by atoms with Gasteiger partial charge in [-0.25, -0.2) is 0 Å². The van der Waals surface area contributed by atoms with Crippen molar-refractivity contribution in [1.29, 1.82) is 0 Å². The summed E-state index contributed by atoms with van der Waals surface area (Å²) in [7, 11) is 1.52. The maximum Gasteiger partial charge on any atom is 0.255 e. The number of nitrogens with zero attached hydrogens (tertiary/aromatic N) is 1. The van der Waals surface area contributed by atoms with Gasteiger partial charge in [0, 0.05) is 18.5 Å². The molecule has 6 heteroatoms. The molecule has 3 aromatic rings. The molecule has 5 nitrogen and oxygen atoms in total. The normalized spacial score (nSPS) is 10.5. The highest BCUT2D eigenvalue weighted by Crippen LogP contribution is 2.30. The molecule has 0 unspecified atom stereocenters. The fourth-order valence-electron chi connectivity index (χ4n) is 2.26. The topological polar surface area (TPSA) is 56.4 Å². The summed E-state index contributed by atoms with van der Waals surface area (Å²) in [5, 5.41) is 3.24. The molecule has 2 aromatic heterocycles. The van der Waals surface area contributed by atoms with Crippen molar-refractivity contribution in [2.24, 2.45) is 0 Å². The first-order valence-electron chi connectivity index (χ1n) is 7.00. The van der Waals surface area contributed by atoms with Crippen molar-refractivity contribution in [3.05, 3.63) is 71.4 Å². The lowest BCUT2D eigenvalue weighted by atomic mass is 10.1. The van der Waals surface area contributed by atoms with Crippen molar-refractivity contribution in [2.75, 3.05) is 7.11 Å². The van der Waals surface area contributed by atoms with E-state index < -0.39 is 0 Å². The van der Waals surface area contributed by atoms with E-state index in [4.69, 9.17) is 20.8 Å². The van der Waals surface area contributed by atoms with Gasteiger partial charge in [-0.1, -0.05) is 11.6 Å². The van der Waals surface area contributed by atoms with Crippen molar-refractivity contribution in [3.8, 4) is 11.4 Å². The molecule has 1 N–H and O–H groups in total. The number of hydrogen-bond acceptors (Lipinski definition) is 3. The van der Waals surface area contributed by atoms with E-state index in [0.29, 0.717) is 28.6 Å². The van der Waals surface area contributed by atoms with Crippen LogP contribution in [0.3, 0.4) is 0 Å². The molecular formula is C17H15ClN2O3. The molecule has 0 atom stereocenters. The van der Waals surface area contributed by atoms with E-state index in [-0.39, 0.29) is 5.91 Å². The number of hydrogen-bond donors (Lipinski definition) is 1. The molecule has 23 heavy (non-hydrogen) atoms. The lowest BCUT2D eigenvalue weighted by molar-refractivity contribution is 0.0945. The van der Waals surface area contributed by atoms with E-state index in [1.807, 2.05) is 29.1 Å². The first-order chi connectivity index (χ1) is 11.2. The second-order valence-electron chi connectivity index (χ2n) is 4.86. The summed E-state index contributed by atoms with van der Waals surface area (Å²) in [6, 6.07) is 10.7. The fourth-order valence-corrected chi connectivity index (χ4v) is 2.52. The summed E-state index contributed by atoms with van der Waals surface area (Å²) in [5.74, 6) is 0.849. The van der Waals surface area contributed by atoms with Crippen LogP contribution in [-0.2, 0) is 6.54 Å². The third-order valence-electron chi connectivity index (χ3n) is 3.40. The predicted molar refractivity (Wildman–Crippen MR) is 87.2 cm³/mol. The quantitative estimate of drug-likeness (QED) is 0.776. The zero-order valence-corrected chi connectivity index (χ0v) is 13.2. The van der Waals surface area contributed by atoms with Crippen LogP contribution in [0, 0.1) is 0 Å². The molecule has 0 saturated carbocycles. The number of benzene rings is 1. The standard InChI is InChI=1S/C17H15ClN2O3/c1-22-16-10-15(20-6-2-3-7-20)14(18)9-13(16)17(21)19-11-12-5-4-8-23-12/h2-10H,11H2,1H3,(H,19,21). The molecular weight excluding hydrogens is 316 g/mol. The van der Waals surface area contributed by atoms with Gasteiger partial charge in [0.1, 0.15) is 11.5 Å². The Hall–Kier alpha value is -2.66. The van der Waals surface area contributed by atoms with E-state index in [0.717, 1.165) is 5.69 Å². The summed E-state index contributed by atoms with van der Waals surface area (Å²) < 4.78 is 12.4. The molecule has 0 saturated heterocycles. The smallest absolute Gasteiger partial charge is 0.255 e. The summed E-state index contributed by atoms with van der Waals surface area (Å²) >= 11 is 6.32. The SMILES string of the molecule is COc1cc(-n2cccc2)c(Cl)cc1C(=O)NCc1ccco1. The monoisotopic (exact) mass is 330 g/mol. The van der Waals surface area contributed by atoms with Crippen molar-refractivity contribution in [3.63, 3.8) is 0 Å². The van der Waals surface area contributed by atoms with Crippen LogP contribution in [0.25, 0.3) is 5.69 Å². The Kier molecular flexibility index (Phi) is 4.39. The van der Waals surface area contributed by atoms with Gasteiger partial charge in [0.25, 0.3) is 5.91 Å². The number of nitrogens with one attached hydrogen (secondary N) is 1. The van der Waals surface area contributed by atoms with Gasteiger partial charge in [-0.15, -0.1) is 0 Å². The number of amides is 1. The van der Waals surface area contributed by atoms with E-state index >= 15 is 0 Å². The number of carbonyl (C=O) groups is 1. The molecule has 0 bridgehead atoms. The molecule has 0 radical (unpaired) electrons. The second-order valence-corrected chi connectivity index (χ2v) is 5.26. The lowest BCUT2D eigenvalue weighted by Crippen LogP contribution is -2.23. The van der Waals surface area contributed by atoms with Gasteiger partial charge in [-0.2, -0.15) is 0 Å². The molecule has 3 rings (SSSR count). The Balaban J connectivity index is 1.86. The Morgan fingerprint density at radius 3 is 2.74 bits per heavy atom. The number of furan rings is 1. The van der Waals surface area contributed by atoms with Crippen molar-refractivity contribution >= 4 is 17.5 Å². The fraction of sp³-hybridized carbons (Fsp3) is 0.118. The highest BCUT2D eigenvalue weighted by molar-refractivity contribution is 6.33. The predicted octanol–water partition coefficient (Wildman–Crippen LogP) is 3.66. The average Bonchev–Trinajstić information content (AvgIpc) is 3.25. The highest BCUT2D eigenvalue weighted by Gasteiger charge is 2.16. The van der Waals surface area contributed by atoms with E-state index in [2.05, 4.69) is 5.32 Å². The van der Waals surface area contributed by atoms with Crippen molar-refractivity contribution in [2.45, 2.75) is 6.54 Å². The van der Waals surface area contributed by atoms with E-state index in [1.165, 1.54) is 7.11 Å². The third-order valence-corrected chi connectivity index (χ3v) is 3.70. The minimum absolute atomic E-state index is 0.279. The van der Waals surface area contributed by atoms with Gasteiger partial charge >= 0.3 is 0 Å². The molecule has 118 valence electrons. The Morgan fingerprint density at radius 1 is 1.30 bits per heavy atom. The average molecular weight is 331 g/mol. The largest absolute Gasteiger partial charge is 0.496 e. The third kappa shape index (κ3) is 3.24. The molecule has 0 aliphatic rings. The van der Waals surface area contributed by atoms with Gasteiger partial charge in [0.15, 0.2) is 0 Å². The molecule has 2 heterocycles. The number of halogens is 1. The number of aromatic nitrogens is 1. The summed E-state index contributed by atoms with van der Waals surface area (Å²) in [6.45, 7) is 0.298. The first-order valence-corrected chi connectivity index (χ1v) is 7.38. The number of carbonyl (C=O) groups excluding carboxylic acids is 1. The van der Waals surface area contributed by atoms with E-state index in [9.17, 15) is 4.79 Å². The van der Waals surface area contributed by atoms with Gasteiger partial charge in [0.05, 0.1) is 36.2 Å². The van der Waals surface area contributed by atoms with Crippen LogP contribution in [0.4, 0.5) is 0 Å². The molecule has 0 fully saturated rings. The van der Waals surface area contributed by atoms with Crippen LogP contribution in [-0.4, -0.2) is 17.6 Å². The highest BCUT2D eigenvalue weighted by atomic mass is 35.5. The molecule has 0 aliphatic heterocycles. The number of ether oxygens (including phenoxy) is 1.